The predicted octanol–water partition coefficient (Wildman–Crippen LogP) is 6.34. The number of allylic oxidation sites excluding steroid dienone is 2. The molecule has 1 saturated heterocycles. The standard InChI is InChI=1S/C23H13Cl7N2O3/c24-13-8-6-12(7-9-13)18(33)31(10-11-4-2-1-3-5-11)32-19(34)14-15(20(32)35)22(28)17(26)16(25)21(14,27)23(22,29)30/h1-9,14-15H,10H2/t14-,15+,21-,22-/m1/s1. The fraction of sp³-hybridized carbons (Fsp3) is 0.261. The van der Waals surface area contributed by atoms with E-state index >= 15 is 0 Å². The lowest BCUT2D eigenvalue weighted by atomic mass is 9.84. The van der Waals surface area contributed by atoms with Crippen LogP contribution in [0.1, 0.15) is 15.9 Å². The summed E-state index contributed by atoms with van der Waals surface area (Å²) in [4.78, 5) is 37.3. The third kappa shape index (κ3) is 3.19. The monoisotopic (exact) mass is 610 g/mol. The number of carbonyl (C=O) groups is 3. The smallest absolute Gasteiger partial charge is 0.272 e. The van der Waals surface area contributed by atoms with Crippen LogP contribution in [0.2, 0.25) is 5.02 Å². The number of hydrogen-bond donors (Lipinski definition) is 0. The summed E-state index contributed by atoms with van der Waals surface area (Å²) in [7, 11) is 0. The fourth-order valence-corrected chi connectivity index (χ4v) is 8.00. The largest absolute Gasteiger partial charge is 0.273 e. The number of benzene rings is 2. The molecule has 2 fully saturated rings. The Labute approximate surface area is 235 Å². The molecular formula is C23H13Cl7N2O3. The lowest BCUT2D eigenvalue weighted by molar-refractivity contribution is -0.156. The van der Waals surface area contributed by atoms with E-state index in [-0.39, 0.29) is 22.2 Å². The van der Waals surface area contributed by atoms with E-state index in [1.54, 1.807) is 30.3 Å². The second-order valence-corrected chi connectivity index (χ2v) is 12.1. The summed E-state index contributed by atoms with van der Waals surface area (Å²) in [5, 5.41) is 1.79. The van der Waals surface area contributed by atoms with Crippen LogP contribution >= 0.6 is 81.2 Å². The number of rotatable bonds is 4. The second kappa shape index (κ2) is 8.42. The van der Waals surface area contributed by atoms with E-state index in [9.17, 15) is 14.4 Å². The molecular weight excluding hydrogens is 600 g/mol. The van der Waals surface area contributed by atoms with Crippen LogP contribution in [0.25, 0.3) is 0 Å². The molecule has 1 saturated carbocycles. The Kier molecular flexibility index (Phi) is 6.13. The molecule has 5 rings (SSSR count). The van der Waals surface area contributed by atoms with Crippen molar-refractivity contribution in [1.29, 1.82) is 0 Å². The van der Waals surface area contributed by atoms with Crippen LogP contribution in [-0.4, -0.2) is 41.8 Å². The molecule has 2 aliphatic carbocycles. The van der Waals surface area contributed by atoms with Crippen molar-refractivity contribution >= 4 is 98.9 Å². The van der Waals surface area contributed by atoms with Gasteiger partial charge in [0.1, 0.15) is 9.75 Å². The van der Waals surface area contributed by atoms with E-state index in [1.165, 1.54) is 24.3 Å². The van der Waals surface area contributed by atoms with Gasteiger partial charge in [-0.2, -0.15) is 5.01 Å². The van der Waals surface area contributed by atoms with Gasteiger partial charge in [-0.05, 0) is 29.8 Å². The third-order valence-corrected chi connectivity index (χ3v) is 11.1. The van der Waals surface area contributed by atoms with E-state index in [2.05, 4.69) is 0 Å². The maximum atomic E-state index is 13.8. The van der Waals surface area contributed by atoms with Crippen molar-refractivity contribution in [1.82, 2.24) is 10.0 Å². The quantitative estimate of drug-likeness (QED) is 0.299. The first-order chi connectivity index (χ1) is 16.4. The van der Waals surface area contributed by atoms with Gasteiger partial charge in [0.05, 0.1) is 28.4 Å². The van der Waals surface area contributed by atoms with E-state index in [0.717, 1.165) is 10.0 Å². The summed E-state index contributed by atoms with van der Waals surface area (Å²) in [5.74, 6) is -4.96. The minimum atomic E-state index is -2.06. The fourth-order valence-electron chi connectivity index (χ4n) is 4.95. The Morgan fingerprint density at radius 2 is 1.29 bits per heavy atom. The summed E-state index contributed by atoms with van der Waals surface area (Å²) in [6.07, 6.45) is 0. The zero-order chi connectivity index (χ0) is 25.5. The number of nitrogens with zero attached hydrogens (tertiary/aromatic N) is 2. The van der Waals surface area contributed by atoms with Gasteiger partial charge in [0.2, 0.25) is 0 Å². The predicted molar refractivity (Wildman–Crippen MR) is 137 cm³/mol. The van der Waals surface area contributed by atoms with Crippen molar-refractivity contribution in [3.05, 3.63) is 80.8 Å². The number of fused-ring (bicyclic) bond motifs is 5. The third-order valence-electron chi connectivity index (χ3n) is 6.63. The summed E-state index contributed by atoms with van der Waals surface area (Å²) in [6, 6.07) is 14.9. The van der Waals surface area contributed by atoms with Crippen molar-refractivity contribution in [2.45, 2.75) is 20.6 Å². The van der Waals surface area contributed by atoms with Crippen LogP contribution in [-0.2, 0) is 16.1 Å². The van der Waals surface area contributed by atoms with E-state index < -0.39 is 43.6 Å². The molecule has 0 N–H and O–H groups in total. The van der Waals surface area contributed by atoms with Crippen molar-refractivity contribution in [2.75, 3.05) is 0 Å². The minimum Gasteiger partial charge on any atom is -0.272 e. The second-order valence-electron chi connectivity index (χ2n) is 8.42. The summed E-state index contributed by atoms with van der Waals surface area (Å²) >= 11 is 45.4. The van der Waals surface area contributed by atoms with Gasteiger partial charge in [-0.1, -0.05) is 88.3 Å². The van der Waals surface area contributed by atoms with Gasteiger partial charge in [0.25, 0.3) is 17.7 Å². The number of amides is 3. The summed E-state index contributed by atoms with van der Waals surface area (Å²) < 4.78 is -2.06. The first-order valence-corrected chi connectivity index (χ1v) is 12.8. The van der Waals surface area contributed by atoms with Gasteiger partial charge < -0.3 is 0 Å². The first kappa shape index (κ1) is 25.5. The number of halogens is 7. The first-order valence-electron chi connectivity index (χ1n) is 10.2. The van der Waals surface area contributed by atoms with E-state index in [1.807, 2.05) is 0 Å². The van der Waals surface area contributed by atoms with Crippen LogP contribution in [0.5, 0.6) is 0 Å². The Bertz CT molecular complexity index is 1250. The van der Waals surface area contributed by atoms with Crippen molar-refractivity contribution in [3.8, 4) is 0 Å². The van der Waals surface area contributed by atoms with Crippen LogP contribution in [0, 0.1) is 11.8 Å². The number of hydrazine groups is 1. The molecule has 0 radical (unpaired) electrons. The average molecular weight is 614 g/mol. The average Bonchev–Trinajstić information content (AvgIpc) is 3.22. The van der Waals surface area contributed by atoms with Crippen LogP contribution in [0.15, 0.2) is 64.7 Å². The molecule has 0 spiro atoms. The molecule has 1 heterocycles. The molecule has 12 heteroatoms. The lowest BCUT2D eigenvalue weighted by Gasteiger charge is -2.37. The molecule has 3 amide bonds. The molecule has 0 aromatic heterocycles. The number of hydrogen-bond acceptors (Lipinski definition) is 3. The van der Waals surface area contributed by atoms with Crippen LogP contribution in [0.4, 0.5) is 0 Å². The van der Waals surface area contributed by atoms with Crippen molar-refractivity contribution in [3.63, 3.8) is 0 Å². The highest BCUT2D eigenvalue weighted by Crippen LogP contribution is 2.77. The van der Waals surface area contributed by atoms with Gasteiger partial charge in [0, 0.05) is 10.6 Å². The van der Waals surface area contributed by atoms with Gasteiger partial charge in [-0.25, -0.2) is 5.01 Å². The molecule has 0 unspecified atom stereocenters. The molecule has 5 nitrogen and oxygen atoms in total. The Balaban J connectivity index is 1.61. The number of carbonyl (C=O) groups excluding carboxylic acids is 3. The Morgan fingerprint density at radius 1 is 0.800 bits per heavy atom. The molecule has 2 aromatic carbocycles. The van der Waals surface area contributed by atoms with Gasteiger partial charge in [-0.15, -0.1) is 23.2 Å². The minimum absolute atomic E-state index is 0.106. The molecule has 2 bridgehead atoms. The zero-order valence-electron chi connectivity index (χ0n) is 17.3. The summed E-state index contributed by atoms with van der Waals surface area (Å²) in [5.41, 5.74) is 0.861. The highest BCUT2D eigenvalue weighted by molar-refractivity contribution is 6.66. The highest BCUT2D eigenvalue weighted by atomic mass is 35.5. The van der Waals surface area contributed by atoms with E-state index in [4.69, 9.17) is 81.2 Å². The van der Waals surface area contributed by atoms with Crippen molar-refractivity contribution < 1.29 is 14.4 Å². The zero-order valence-corrected chi connectivity index (χ0v) is 22.6. The molecule has 3 aliphatic rings. The number of imide groups is 1. The maximum absolute atomic E-state index is 13.8. The lowest BCUT2D eigenvalue weighted by Crippen LogP contribution is -2.55. The normalized spacial score (nSPS) is 30.8. The summed E-state index contributed by atoms with van der Waals surface area (Å²) in [6.45, 7) is -0.106. The molecule has 35 heavy (non-hydrogen) atoms. The highest BCUT2D eigenvalue weighted by Gasteiger charge is 2.88. The molecule has 1 aliphatic heterocycles. The van der Waals surface area contributed by atoms with Gasteiger partial charge in [0.15, 0.2) is 4.33 Å². The molecule has 4 atom stereocenters. The SMILES string of the molecule is O=C(c1ccc(Cl)cc1)N(Cc1ccccc1)N1C(=O)[C@@H]2[C@H](C1=O)[C@@]1(Cl)C(Cl)=C(Cl)[C@@]2(Cl)C1(Cl)Cl. The number of alkyl halides is 4. The molecule has 182 valence electrons. The van der Waals surface area contributed by atoms with Crippen LogP contribution < -0.4 is 0 Å². The van der Waals surface area contributed by atoms with Gasteiger partial charge in [-0.3, -0.25) is 14.4 Å². The van der Waals surface area contributed by atoms with Crippen molar-refractivity contribution in [2.24, 2.45) is 11.8 Å². The topological polar surface area (TPSA) is 57.7 Å². The van der Waals surface area contributed by atoms with Crippen LogP contribution in [0.3, 0.4) is 0 Å². The maximum Gasteiger partial charge on any atom is 0.273 e. The Hall–Kier alpha value is -1.18. The molecule has 2 aromatic rings. The van der Waals surface area contributed by atoms with Gasteiger partial charge >= 0.3 is 0 Å². The Morgan fingerprint density at radius 3 is 1.77 bits per heavy atom. The van der Waals surface area contributed by atoms with E-state index in [0.29, 0.717) is 10.6 Å².